The molecule has 1 fully saturated rings. The van der Waals surface area contributed by atoms with Crippen molar-refractivity contribution in [1.29, 1.82) is 0 Å². The minimum absolute atomic E-state index is 0.0159. The van der Waals surface area contributed by atoms with Crippen LogP contribution in [0.3, 0.4) is 0 Å². The van der Waals surface area contributed by atoms with Gasteiger partial charge in [0.1, 0.15) is 17.1 Å². The summed E-state index contributed by atoms with van der Waals surface area (Å²) >= 11 is 0. The molecule has 2 heterocycles. The number of nitrogens with zero attached hydrogens (tertiary/aromatic N) is 2. The highest BCUT2D eigenvalue weighted by Crippen LogP contribution is 2.35. The number of likely N-dealkylation sites (N-methyl/N-ethyl adjacent to an activating group) is 1. The first kappa shape index (κ1) is 16.3. The van der Waals surface area contributed by atoms with Gasteiger partial charge < -0.3 is 10.2 Å². The fourth-order valence-corrected chi connectivity index (χ4v) is 2.72. The van der Waals surface area contributed by atoms with Gasteiger partial charge in [0.2, 0.25) is 0 Å². The predicted molar refractivity (Wildman–Crippen MR) is 88.1 cm³/mol. The number of ketones is 1. The molecule has 1 saturated carbocycles. The SMILES string of the molecule is CC(c1ccco1)N(C)CC(=O)c1c(N)n(C2CC2)c(=O)[nH]c1=O. The van der Waals surface area contributed by atoms with Crippen molar-refractivity contribution in [3.05, 3.63) is 50.6 Å². The fourth-order valence-electron chi connectivity index (χ4n) is 2.72. The number of nitrogens with two attached hydrogens (primary N) is 1. The molecule has 0 spiro atoms. The van der Waals surface area contributed by atoms with Gasteiger partial charge >= 0.3 is 5.69 Å². The monoisotopic (exact) mass is 332 g/mol. The van der Waals surface area contributed by atoms with E-state index in [4.69, 9.17) is 10.2 Å². The van der Waals surface area contributed by atoms with Crippen LogP contribution in [0.5, 0.6) is 0 Å². The van der Waals surface area contributed by atoms with Crippen molar-refractivity contribution in [1.82, 2.24) is 14.5 Å². The molecule has 128 valence electrons. The lowest BCUT2D eigenvalue weighted by atomic mass is 10.1. The quantitative estimate of drug-likeness (QED) is 0.760. The molecule has 3 rings (SSSR count). The molecular weight excluding hydrogens is 312 g/mol. The maximum absolute atomic E-state index is 12.6. The maximum atomic E-state index is 12.6. The van der Waals surface area contributed by atoms with Gasteiger partial charge in [0.05, 0.1) is 18.8 Å². The number of hydrogen-bond acceptors (Lipinski definition) is 6. The van der Waals surface area contributed by atoms with Crippen molar-refractivity contribution >= 4 is 11.6 Å². The van der Waals surface area contributed by atoms with Gasteiger partial charge in [-0.2, -0.15) is 0 Å². The van der Waals surface area contributed by atoms with Gasteiger partial charge in [-0.3, -0.25) is 24.0 Å². The number of Topliss-reactive ketones (excluding diaryl/α,β-unsaturated/α-hetero) is 1. The van der Waals surface area contributed by atoms with Crippen LogP contribution in [0, 0.1) is 0 Å². The van der Waals surface area contributed by atoms with Crippen LogP contribution in [0.4, 0.5) is 5.82 Å². The number of carbonyl (C=O) groups is 1. The predicted octanol–water partition coefficient (Wildman–Crippen LogP) is 0.922. The van der Waals surface area contributed by atoms with Crippen LogP contribution >= 0.6 is 0 Å². The van der Waals surface area contributed by atoms with Crippen molar-refractivity contribution in [2.45, 2.75) is 31.8 Å². The van der Waals surface area contributed by atoms with Gasteiger partial charge in [0, 0.05) is 6.04 Å². The van der Waals surface area contributed by atoms with Crippen LogP contribution < -0.4 is 17.0 Å². The Morgan fingerprint density at radius 3 is 2.79 bits per heavy atom. The zero-order valence-corrected chi connectivity index (χ0v) is 13.6. The largest absolute Gasteiger partial charge is 0.468 e. The molecule has 0 radical (unpaired) electrons. The van der Waals surface area contributed by atoms with E-state index in [1.165, 1.54) is 4.57 Å². The second kappa shape index (κ2) is 6.12. The number of aromatic amines is 1. The number of H-pyrrole nitrogens is 1. The Morgan fingerprint density at radius 2 is 2.21 bits per heavy atom. The van der Waals surface area contributed by atoms with Gasteiger partial charge in [0.25, 0.3) is 5.56 Å². The number of hydrogen-bond donors (Lipinski definition) is 2. The third-order valence-electron chi connectivity index (χ3n) is 4.38. The minimum Gasteiger partial charge on any atom is -0.468 e. The van der Waals surface area contributed by atoms with Gasteiger partial charge in [-0.25, -0.2) is 4.79 Å². The van der Waals surface area contributed by atoms with Crippen LogP contribution in [0.1, 0.15) is 48.0 Å². The summed E-state index contributed by atoms with van der Waals surface area (Å²) in [7, 11) is 1.76. The molecule has 2 aromatic rings. The topological polar surface area (TPSA) is 114 Å². The van der Waals surface area contributed by atoms with Gasteiger partial charge in [-0.15, -0.1) is 0 Å². The van der Waals surface area contributed by atoms with Crippen LogP contribution in [-0.4, -0.2) is 33.8 Å². The molecule has 1 atom stereocenters. The zero-order valence-electron chi connectivity index (χ0n) is 13.6. The van der Waals surface area contributed by atoms with Crippen molar-refractivity contribution in [2.75, 3.05) is 19.3 Å². The van der Waals surface area contributed by atoms with E-state index in [1.54, 1.807) is 24.3 Å². The molecule has 0 aliphatic heterocycles. The molecule has 3 N–H and O–H groups in total. The number of nitrogens with one attached hydrogen (secondary N) is 1. The number of rotatable bonds is 6. The van der Waals surface area contributed by atoms with E-state index < -0.39 is 17.0 Å². The minimum atomic E-state index is -0.738. The number of aromatic nitrogens is 2. The molecule has 0 aromatic carbocycles. The molecule has 0 amide bonds. The lowest BCUT2D eigenvalue weighted by molar-refractivity contribution is 0.0916. The molecule has 8 heteroatoms. The zero-order chi connectivity index (χ0) is 17.4. The molecule has 8 nitrogen and oxygen atoms in total. The molecule has 1 aliphatic carbocycles. The fraction of sp³-hybridized carbons (Fsp3) is 0.438. The van der Waals surface area contributed by atoms with E-state index in [0.717, 1.165) is 18.6 Å². The lowest BCUT2D eigenvalue weighted by Gasteiger charge is -2.22. The summed E-state index contributed by atoms with van der Waals surface area (Å²) in [4.78, 5) is 40.5. The van der Waals surface area contributed by atoms with Gasteiger partial charge in [-0.1, -0.05) is 0 Å². The summed E-state index contributed by atoms with van der Waals surface area (Å²) in [5.41, 5.74) is 4.51. The molecule has 2 aromatic heterocycles. The maximum Gasteiger partial charge on any atom is 0.330 e. The number of nitrogen functional groups attached to an aromatic ring is 1. The summed E-state index contributed by atoms with van der Waals surface area (Å²) in [6.45, 7) is 1.88. The lowest BCUT2D eigenvalue weighted by Crippen LogP contribution is -2.38. The van der Waals surface area contributed by atoms with Crippen LogP contribution in [-0.2, 0) is 0 Å². The Hall–Kier alpha value is -2.61. The molecule has 0 saturated heterocycles. The summed E-state index contributed by atoms with van der Waals surface area (Å²) in [5, 5.41) is 0. The van der Waals surface area contributed by atoms with E-state index in [2.05, 4.69) is 4.98 Å². The third kappa shape index (κ3) is 2.92. The summed E-state index contributed by atoms with van der Waals surface area (Å²) in [5.74, 6) is 0.245. The molecule has 1 unspecified atom stereocenters. The van der Waals surface area contributed by atoms with Crippen molar-refractivity contribution < 1.29 is 9.21 Å². The summed E-state index contributed by atoms with van der Waals surface area (Å²) in [6, 6.07) is 3.43. The Bertz CT molecular complexity index is 861. The Morgan fingerprint density at radius 1 is 1.50 bits per heavy atom. The third-order valence-corrected chi connectivity index (χ3v) is 4.38. The highest BCUT2D eigenvalue weighted by atomic mass is 16.3. The van der Waals surface area contributed by atoms with Crippen molar-refractivity contribution in [3.8, 4) is 0 Å². The van der Waals surface area contributed by atoms with E-state index >= 15 is 0 Å². The second-order valence-corrected chi connectivity index (χ2v) is 6.15. The average Bonchev–Trinajstić information content (AvgIpc) is 3.18. The number of anilines is 1. The van der Waals surface area contributed by atoms with Gasteiger partial charge in [0.15, 0.2) is 5.78 Å². The van der Waals surface area contributed by atoms with E-state index in [9.17, 15) is 14.4 Å². The van der Waals surface area contributed by atoms with Crippen LogP contribution in [0.25, 0.3) is 0 Å². The Balaban J connectivity index is 1.86. The highest BCUT2D eigenvalue weighted by molar-refractivity contribution is 6.01. The molecule has 24 heavy (non-hydrogen) atoms. The Labute approximate surface area is 137 Å². The first-order valence-corrected chi connectivity index (χ1v) is 7.81. The van der Waals surface area contributed by atoms with Gasteiger partial charge in [-0.05, 0) is 38.9 Å². The standard InChI is InChI=1S/C16H20N4O4/c1-9(12-4-3-7-24-12)19(2)8-11(21)13-14(17)20(10-5-6-10)16(23)18-15(13)22/h3-4,7,9-10H,5-6,8,17H2,1-2H3,(H,18,22,23). The Kier molecular flexibility index (Phi) is 4.15. The second-order valence-electron chi connectivity index (χ2n) is 6.15. The highest BCUT2D eigenvalue weighted by Gasteiger charge is 2.30. The molecule has 0 bridgehead atoms. The molecular formula is C16H20N4O4. The van der Waals surface area contributed by atoms with Crippen LogP contribution in [0.15, 0.2) is 32.4 Å². The van der Waals surface area contributed by atoms with Crippen molar-refractivity contribution in [2.24, 2.45) is 0 Å². The summed E-state index contributed by atoms with van der Waals surface area (Å²) in [6.07, 6.45) is 3.20. The smallest absolute Gasteiger partial charge is 0.330 e. The number of furan rings is 1. The normalized spacial score (nSPS) is 15.6. The van der Waals surface area contributed by atoms with E-state index in [1.807, 2.05) is 13.0 Å². The van der Waals surface area contributed by atoms with E-state index in [0.29, 0.717) is 0 Å². The average molecular weight is 332 g/mol. The van der Waals surface area contributed by atoms with E-state index in [-0.39, 0.29) is 30.0 Å². The first-order chi connectivity index (χ1) is 11.4. The molecule has 1 aliphatic rings. The number of carbonyl (C=O) groups excluding carboxylic acids is 1. The van der Waals surface area contributed by atoms with Crippen molar-refractivity contribution in [3.63, 3.8) is 0 Å². The van der Waals surface area contributed by atoms with Crippen LogP contribution in [0.2, 0.25) is 0 Å². The first-order valence-electron chi connectivity index (χ1n) is 7.81. The summed E-state index contributed by atoms with van der Waals surface area (Å²) < 4.78 is 6.64.